The highest BCUT2D eigenvalue weighted by molar-refractivity contribution is 6.30. The fourth-order valence-corrected chi connectivity index (χ4v) is 2.32. The summed E-state index contributed by atoms with van der Waals surface area (Å²) in [6.45, 7) is 5.27. The number of nitrogens with two attached hydrogens (primary N) is 1. The number of hydrogen-bond acceptors (Lipinski definition) is 5. The molecular weight excluding hydrogens is 367 g/mol. The molecule has 0 saturated heterocycles. The summed E-state index contributed by atoms with van der Waals surface area (Å²) in [5, 5.41) is 4.21. The van der Waals surface area contributed by atoms with Crippen LogP contribution in [-0.4, -0.2) is 22.7 Å². The molecule has 0 aliphatic heterocycles. The molecule has 2 rings (SSSR count). The second-order valence-corrected chi connectivity index (χ2v) is 5.59. The number of aromatic nitrogens is 2. The van der Waals surface area contributed by atoms with Crippen molar-refractivity contribution in [2.45, 2.75) is 13.1 Å². The Morgan fingerprint density at radius 3 is 2.31 bits per heavy atom. The lowest BCUT2D eigenvalue weighted by Crippen LogP contribution is -2.40. The molecule has 0 spiro atoms. The van der Waals surface area contributed by atoms with Gasteiger partial charge in [0, 0.05) is 29.5 Å². The van der Waals surface area contributed by atoms with Gasteiger partial charge in [0.1, 0.15) is 5.82 Å². The van der Waals surface area contributed by atoms with E-state index in [9.17, 15) is 13.2 Å². The maximum absolute atomic E-state index is 13.5. The lowest BCUT2D eigenvalue weighted by molar-refractivity contribution is -0.0867. The Labute approximate surface area is 154 Å². The maximum atomic E-state index is 13.5. The molecule has 0 atom stereocenters. The van der Waals surface area contributed by atoms with Crippen LogP contribution in [0.5, 0.6) is 0 Å². The van der Waals surface area contributed by atoms with Gasteiger partial charge in [-0.05, 0) is 30.7 Å². The quantitative estimate of drug-likeness (QED) is 0.450. The summed E-state index contributed by atoms with van der Waals surface area (Å²) < 4.78 is 40.4. The monoisotopic (exact) mass is 383 g/mol. The molecule has 0 radical (unpaired) electrons. The first kappa shape index (κ1) is 19.7. The third-order valence-corrected chi connectivity index (χ3v) is 3.62. The van der Waals surface area contributed by atoms with Crippen LogP contribution in [0.2, 0.25) is 5.02 Å². The number of hydrogen-bond donors (Lipinski definition) is 2. The number of alkyl halides is 3. The van der Waals surface area contributed by atoms with E-state index in [1.165, 1.54) is 36.7 Å². The molecule has 0 bridgehead atoms. The minimum Gasteiger partial charge on any atom is -0.370 e. The second-order valence-electron chi connectivity index (χ2n) is 5.16. The topological polar surface area (TPSA) is 67.1 Å². The molecule has 0 fully saturated rings. The zero-order valence-electron chi connectivity index (χ0n) is 13.9. The number of halogens is 4. The third kappa shape index (κ3) is 4.53. The zero-order chi connectivity index (χ0) is 19.3. The van der Waals surface area contributed by atoms with Crippen LogP contribution in [0.4, 0.5) is 19.1 Å². The Kier molecular flexibility index (Phi) is 6.23. The molecule has 1 aromatic heterocycles. The van der Waals surface area contributed by atoms with E-state index in [4.69, 9.17) is 17.4 Å². The molecule has 0 aliphatic carbocycles. The van der Waals surface area contributed by atoms with Gasteiger partial charge in [0.2, 0.25) is 5.95 Å². The van der Waals surface area contributed by atoms with Gasteiger partial charge in [-0.1, -0.05) is 30.3 Å². The molecule has 9 heteroatoms. The molecule has 1 heterocycles. The Morgan fingerprint density at radius 1 is 1.23 bits per heavy atom. The number of anilines is 1. The number of nitrogens with zero attached hydrogens (tertiary/aromatic N) is 3. The van der Waals surface area contributed by atoms with Crippen LogP contribution in [0.15, 0.2) is 60.7 Å². The van der Waals surface area contributed by atoms with Gasteiger partial charge in [0.15, 0.2) is 0 Å². The predicted molar refractivity (Wildman–Crippen MR) is 95.9 cm³/mol. The Hall–Kier alpha value is -2.58. The molecule has 0 aliphatic rings. The average Bonchev–Trinajstić information content (AvgIpc) is 2.62. The Morgan fingerprint density at radius 2 is 1.81 bits per heavy atom. The van der Waals surface area contributed by atoms with Crippen molar-refractivity contribution in [3.63, 3.8) is 0 Å². The number of benzene rings is 1. The Bertz CT molecular complexity index is 788. The summed E-state index contributed by atoms with van der Waals surface area (Å²) in [5.41, 5.74) is -1.02. The highest BCUT2D eigenvalue weighted by Gasteiger charge is 2.37. The summed E-state index contributed by atoms with van der Waals surface area (Å²) in [5.74, 6) is 6.04. The molecule has 0 amide bonds. The normalized spacial score (nSPS) is 12.4. The van der Waals surface area contributed by atoms with Crippen LogP contribution in [0.3, 0.4) is 0 Å². The summed E-state index contributed by atoms with van der Waals surface area (Å²) in [7, 11) is 0. The highest BCUT2D eigenvalue weighted by atomic mass is 35.5. The molecule has 0 unspecified atom stereocenters. The van der Waals surface area contributed by atoms with Crippen molar-refractivity contribution in [1.82, 2.24) is 15.3 Å². The molecule has 0 saturated carbocycles. The van der Waals surface area contributed by atoms with E-state index in [2.05, 4.69) is 21.9 Å². The molecular formula is C17H17ClF3N5. The number of rotatable bonds is 6. The van der Waals surface area contributed by atoms with Crippen LogP contribution in [0.1, 0.15) is 12.5 Å². The predicted octanol–water partition coefficient (Wildman–Crippen LogP) is 3.91. The van der Waals surface area contributed by atoms with E-state index >= 15 is 0 Å². The van der Waals surface area contributed by atoms with Crippen LogP contribution >= 0.6 is 11.6 Å². The van der Waals surface area contributed by atoms with Crippen molar-refractivity contribution in [2.24, 2.45) is 5.84 Å². The van der Waals surface area contributed by atoms with Crippen molar-refractivity contribution in [2.75, 3.05) is 11.6 Å². The number of allylic oxidation sites excluding steroid dienone is 2. The summed E-state index contributed by atoms with van der Waals surface area (Å²) in [4.78, 5) is 7.95. The van der Waals surface area contributed by atoms with E-state index in [0.29, 0.717) is 11.6 Å². The van der Waals surface area contributed by atoms with Crippen LogP contribution < -0.4 is 16.2 Å². The standard InChI is InChI=1S/C17H17ClF3N5/c1-3-23-15(26(22)16-24-9-4-10-25-16)14(11(2)17(19,20)21)12-5-7-13(18)8-6-12/h4-10,23H,2-3,22H2,1H3/b15-14+. The van der Waals surface area contributed by atoms with Gasteiger partial charge in [-0.15, -0.1) is 0 Å². The first-order valence-corrected chi connectivity index (χ1v) is 7.96. The van der Waals surface area contributed by atoms with Crippen molar-refractivity contribution in [1.29, 1.82) is 0 Å². The van der Waals surface area contributed by atoms with E-state index in [-0.39, 0.29) is 22.9 Å². The van der Waals surface area contributed by atoms with Crippen LogP contribution in [0, 0.1) is 0 Å². The third-order valence-electron chi connectivity index (χ3n) is 3.37. The van der Waals surface area contributed by atoms with Gasteiger partial charge in [-0.2, -0.15) is 13.2 Å². The molecule has 138 valence electrons. The molecule has 26 heavy (non-hydrogen) atoms. The van der Waals surface area contributed by atoms with Crippen molar-refractivity contribution in [3.05, 3.63) is 71.3 Å². The van der Waals surface area contributed by atoms with Gasteiger partial charge in [0.05, 0.1) is 5.57 Å². The average molecular weight is 384 g/mol. The Balaban J connectivity index is 2.70. The minimum atomic E-state index is -4.66. The van der Waals surface area contributed by atoms with Gasteiger partial charge < -0.3 is 5.32 Å². The molecule has 2 aromatic rings. The number of hydrazine groups is 1. The van der Waals surface area contributed by atoms with Gasteiger partial charge in [0.25, 0.3) is 0 Å². The lowest BCUT2D eigenvalue weighted by atomic mass is 9.98. The SMILES string of the molecule is C=C(/C(=C(/NCC)N(N)c1ncccn1)c1ccc(Cl)cc1)C(F)(F)F. The number of nitrogens with one attached hydrogen (secondary N) is 1. The summed E-state index contributed by atoms with van der Waals surface area (Å²) in [6, 6.07) is 7.48. The van der Waals surface area contributed by atoms with Gasteiger partial charge >= 0.3 is 6.18 Å². The van der Waals surface area contributed by atoms with Gasteiger partial charge in [-0.25, -0.2) is 20.8 Å². The molecule has 3 N–H and O–H groups in total. The fraction of sp³-hybridized carbons (Fsp3) is 0.176. The first-order valence-electron chi connectivity index (χ1n) is 7.58. The largest absolute Gasteiger partial charge is 0.416 e. The highest BCUT2D eigenvalue weighted by Crippen LogP contribution is 2.37. The van der Waals surface area contributed by atoms with E-state index in [0.717, 1.165) is 5.01 Å². The fourth-order valence-electron chi connectivity index (χ4n) is 2.19. The molecule has 1 aromatic carbocycles. The smallest absolute Gasteiger partial charge is 0.370 e. The van der Waals surface area contributed by atoms with E-state index in [1.807, 2.05) is 0 Å². The van der Waals surface area contributed by atoms with E-state index < -0.39 is 11.7 Å². The lowest BCUT2D eigenvalue weighted by Gasteiger charge is -2.26. The van der Waals surface area contributed by atoms with Crippen LogP contribution in [0.25, 0.3) is 5.57 Å². The van der Waals surface area contributed by atoms with Crippen LogP contribution in [-0.2, 0) is 0 Å². The maximum Gasteiger partial charge on any atom is 0.416 e. The van der Waals surface area contributed by atoms with Crippen molar-refractivity contribution in [3.8, 4) is 0 Å². The van der Waals surface area contributed by atoms with E-state index in [1.54, 1.807) is 13.0 Å². The van der Waals surface area contributed by atoms with Crippen molar-refractivity contribution < 1.29 is 13.2 Å². The minimum absolute atomic E-state index is 0.0247. The van der Waals surface area contributed by atoms with Crippen molar-refractivity contribution >= 4 is 23.1 Å². The zero-order valence-corrected chi connectivity index (χ0v) is 14.6. The molecule has 5 nitrogen and oxygen atoms in total. The summed E-state index contributed by atoms with van der Waals surface area (Å²) in [6.07, 6.45) is -1.79. The summed E-state index contributed by atoms with van der Waals surface area (Å²) >= 11 is 5.85. The van der Waals surface area contributed by atoms with Gasteiger partial charge in [-0.3, -0.25) is 0 Å². The first-order chi connectivity index (χ1) is 12.3. The second kappa shape index (κ2) is 8.20.